The molecular weight excluding hydrogens is 266 g/mol. The molecule has 0 radical (unpaired) electrons. The topological polar surface area (TPSA) is 64.9 Å². The monoisotopic (exact) mass is 289 g/mol. The average Bonchev–Trinajstić information content (AvgIpc) is 2.71. The maximum Gasteiger partial charge on any atom is 0.218 e. The van der Waals surface area contributed by atoms with Gasteiger partial charge in [0.1, 0.15) is 12.1 Å². The molecule has 6 heteroatoms. The van der Waals surface area contributed by atoms with E-state index in [2.05, 4.69) is 34.2 Å². The fourth-order valence-corrected chi connectivity index (χ4v) is 2.50. The van der Waals surface area contributed by atoms with E-state index in [-0.39, 0.29) is 6.04 Å². The van der Waals surface area contributed by atoms with Crippen LogP contribution in [0.3, 0.4) is 0 Å². The molecule has 21 heavy (non-hydrogen) atoms. The number of nitrogens with zero attached hydrogens (tertiary/aromatic N) is 4. The van der Waals surface area contributed by atoms with Crippen molar-refractivity contribution < 1.29 is 4.74 Å². The first kappa shape index (κ1) is 15.3. The van der Waals surface area contributed by atoms with Crippen LogP contribution < -0.4 is 10.1 Å². The summed E-state index contributed by atoms with van der Waals surface area (Å²) < 4.78 is 7.33. The van der Waals surface area contributed by atoms with Gasteiger partial charge in [-0.25, -0.2) is 9.97 Å². The Hall–Kier alpha value is -2.11. The number of aromatic nitrogens is 4. The third kappa shape index (κ3) is 3.32. The van der Waals surface area contributed by atoms with Crippen molar-refractivity contribution in [3.05, 3.63) is 29.3 Å². The van der Waals surface area contributed by atoms with Crippen molar-refractivity contribution in [2.24, 2.45) is 7.05 Å². The minimum atomic E-state index is 0.170. The summed E-state index contributed by atoms with van der Waals surface area (Å²) in [6, 6.07) is 2.00. The van der Waals surface area contributed by atoms with E-state index in [4.69, 9.17) is 4.74 Å². The average molecular weight is 289 g/mol. The number of ether oxygens (including phenoxy) is 1. The Bertz CT molecular complexity index is 608. The second kappa shape index (κ2) is 6.56. The van der Waals surface area contributed by atoms with Crippen molar-refractivity contribution in [2.45, 2.75) is 40.2 Å². The van der Waals surface area contributed by atoms with Gasteiger partial charge in [-0.2, -0.15) is 5.10 Å². The van der Waals surface area contributed by atoms with Gasteiger partial charge in [0.2, 0.25) is 5.88 Å². The summed E-state index contributed by atoms with van der Waals surface area (Å²) >= 11 is 0. The van der Waals surface area contributed by atoms with Crippen LogP contribution in [0.1, 0.15) is 43.3 Å². The highest BCUT2D eigenvalue weighted by Gasteiger charge is 2.19. The molecule has 0 amide bonds. The fraction of sp³-hybridized carbons (Fsp3) is 0.533. The summed E-state index contributed by atoms with van der Waals surface area (Å²) in [6.45, 7) is 8.80. The van der Waals surface area contributed by atoms with Gasteiger partial charge in [0.05, 0.1) is 18.3 Å². The van der Waals surface area contributed by atoms with Gasteiger partial charge in [0.15, 0.2) is 0 Å². The second-order valence-electron chi connectivity index (χ2n) is 4.99. The molecule has 0 saturated heterocycles. The van der Waals surface area contributed by atoms with Gasteiger partial charge in [-0.15, -0.1) is 0 Å². The number of rotatable bonds is 6. The molecule has 0 aliphatic carbocycles. The van der Waals surface area contributed by atoms with E-state index < -0.39 is 0 Å². The summed E-state index contributed by atoms with van der Waals surface area (Å²) in [6.07, 6.45) is 2.46. The molecular formula is C15H23N5O. The second-order valence-corrected chi connectivity index (χ2v) is 4.99. The summed E-state index contributed by atoms with van der Waals surface area (Å²) in [5, 5.41) is 7.94. The van der Waals surface area contributed by atoms with Crippen molar-refractivity contribution >= 4 is 5.82 Å². The molecule has 0 aliphatic rings. The van der Waals surface area contributed by atoms with Crippen molar-refractivity contribution in [3.8, 4) is 5.88 Å². The van der Waals surface area contributed by atoms with Crippen molar-refractivity contribution in [3.63, 3.8) is 0 Å². The van der Waals surface area contributed by atoms with Gasteiger partial charge >= 0.3 is 0 Å². The van der Waals surface area contributed by atoms with Crippen LogP contribution in [0.25, 0.3) is 0 Å². The third-order valence-electron chi connectivity index (χ3n) is 3.58. The van der Waals surface area contributed by atoms with E-state index in [9.17, 15) is 0 Å². The Balaban J connectivity index is 2.25. The van der Waals surface area contributed by atoms with Crippen LogP contribution in [0, 0.1) is 13.8 Å². The van der Waals surface area contributed by atoms with Gasteiger partial charge in [-0.1, -0.05) is 6.92 Å². The number of nitrogens with one attached hydrogen (secondary N) is 1. The Labute approximate surface area is 125 Å². The number of anilines is 1. The molecule has 0 aromatic carbocycles. The van der Waals surface area contributed by atoms with Crippen molar-refractivity contribution in [1.29, 1.82) is 0 Å². The normalized spacial score (nSPS) is 12.2. The zero-order chi connectivity index (χ0) is 15.4. The molecule has 2 aromatic heterocycles. The molecule has 0 aliphatic heterocycles. The van der Waals surface area contributed by atoms with Gasteiger partial charge in [0, 0.05) is 24.4 Å². The van der Waals surface area contributed by atoms with Crippen molar-refractivity contribution in [1.82, 2.24) is 19.7 Å². The molecule has 0 spiro atoms. The lowest BCUT2D eigenvalue weighted by Crippen LogP contribution is -2.13. The van der Waals surface area contributed by atoms with Crippen LogP contribution >= 0.6 is 0 Å². The van der Waals surface area contributed by atoms with Gasteiger partial charge < -0.3 is 10.1 Å². The van der Waals surface area contributed by atoms with E-state index in [0.717, 1.165) is 17.9 Å². The Morgan fingerprint density at radius 2 is 2.05 bits per heavy atom. The first-order chi connectivity index (χ1) is 10.1. The summed E-state index contributed by atoms with van der Waals surface area (Å²) in [7, 11) is 1.97. The highest BCUT2D eigenvalue weighted by Crippen LogP contribution is 2.27. The number of hydrogen-bond donors (Lipinski definition) is 1. The minimum absolute atomic E-state index is 0.170. The molecule has 0 unspecified atom stereocenters. The largest absolute Gasteiger partial charge is 0.478 e. The molecule has 1 N–H and O–H groups in total. The first-order valence-electron chi connectivity index (χ1n) is 7.28. The molecule has 6 nitrogen and oxygen atoms in total. The predicted molar refractivity (Wildman–Crippen MR) is 82.5 cm³/mol. The lowest BCUT2D eigenvalue weighted by molar-refractivity contribution is 0.326. The maximum absolute atomic E-state index is 5.41. The zero-order valence-corrected chi connectivity index (χ0v) is 13.3. The standard InChI is InChI=1S/C15H23N5O/c1-6-12(15-10(3)19-20(5)11(15)4)18-13-8-14(21-7-2)17-9-16-13/h8-9,12H,6-7H2,1-5H3,(H,16,17,18)/t12-/m1/s1. The Morgan fingerprint density at radius 1 is 1.29 bits per heavy atom. The minimum Gasteiger partial charge on any atom is -0.478 e. The molecule has 0 bridgehead atoms. The highest BCUT2D eigenvalue weighted by molar-refractivity contribution is 5.42. The Morgan fingerprint density at radius 3 is 2.62 bits per heavy atom. The van der Waals surface area contributed by atoms with Crippen molar-refractivity contribution in [2.75, 3.05) is 11.9 Å². The molecule has 2 aromatic rings. The molecule has 114 valence electrons. The van der Waals surface area contributed by atoms with Crippen LogP contribution in [0.4, 0.5) is 5.82 Å². The van der Waals surface area contributed by atoms with Gasteiger partial charge in [0.25, 0.3) is 0 Å². The van der Waals surface area contributed by atoms with E-state index in [1.54, 1.807) is 0 Å². The highest BCUT2D eigenvalue weighted by atomic mass is 16.5. The van der Waals surface area contributed by atoms with E-state index in [1.807, 2.05) is 31.6 Å². The fourth-order valence-electron chi connectivity index (χ4n) is 2.50. The lowest BCUT2D eigenvalue weighted by Gasteiger charge is -2.18. The van der Waals surface area contributed by atoms with Crippen LogP contribution in [-0.4, -0.2) is 26.4 Å². The van der Waals surface area contributed by atoms with E-state index >= 15 is 0 Å². The van der Waals surface area contributed by atoms with Gasteiger partial charge in [-0.05, 0) is 27.2 Å². The summed E-state index contributed by atoms with van der Waals surface area (Å²) in [4.78, 5) is 8.36. The molecule has 0 saturated carbocycles. The van der Waals surface area contributed by atoms with Gasteiger partial charge in [-0.3, -0.25) is 4.68 Å². The lowest BCUT2D eigenvalue weighted by atomic mass is 10.0. The molecule has 2 rings (SSSR count). The van der Waals surface area contributed by atoms with Crippen LogP contribution in [0.2, 0.25) is 0 Å². The molecule has 0 fully saturated rings. The summed E-state index contributed by atoms with van der Waals surface area (Å²) in [5.41, 5.74) is 3.45. The third-order valence-corrected chi connectivity index (χ3v) is 3.58. The van der Waals surface area contributed by atoms with E-state index in [1.165, 1.54) is 17.6 Å². The summed E-state index contributed by atoms with van der Waals surface area (Å²) in [5.74, 6) is 1.35. The number of hydrogen-bond acceptors (Lipinski definition) is 5. The zero-order valence-electron chi connectivity index (χ0n) is 13.3. The first-order valence-corrected chi connectivity index (χ1v) is 7.28. The molecule has 2 heterocycles. The van der Waals surface area contributed by atoms with Crippen LogP contribution in [0.5, 0.6) is 5.88 Å². The number of aryl methyl sites for hydroxylation is 2. The molecule has 1 atom stereocenters. The smallest absolute Gasteiger partial charge is 0.218 e. The predicted octanol–water partition coefficient (Wildman–Crippen LogP) is 2.79. The van der Waals surface area contributed by atoms with Crippen LogP contribution in [-0.2, 0) is 7.05 Å². The quantitative estimate of drug-likeness (QED) is 0.886. The SMILES string of the molecule is CCOc1cc(N[C@H](CC)c2c(C)nn(C)c2C)ncn1. The van der Waals surface area contributed by atoms with Crippen LogP contribution in [0.15, 0.2) is 12.4 Å². The maximum atomic E-state index is 5.41. The Kier molecular flexibility index (Phi) is 4.77. The van der Waals surface area contributed by atoms with E-state index in [0.29, 0.717) is 12.5 Å².